The van der Waals surface area contributed by atoms with E-state index in [1.54, 1.807) is 19.2 Å². The summed E-state index contributed by atoms with van der Waals surface area (Å²) >= 11 is 0. The number of aryl methyl sites for hydroxylation is 2. The zero-order valence-corrected chi connectivity index (χ0v) is 6.89. The molecule has 0 amide bonds. The van der Waals surface area contributed by atoms with E-state index in [1.807, 2.05) is 0 Å². The topological polar surface area (TPSA) is 12.9 Å². The lowest BCUT2D eigenvalue weighted by Crippen LogP contribution is -1.91. The van der Waals surface area contributed by atoms with Gasteiger partial charge in [0.15, 0.2) is 0 Å². The first-order valence-electron chi connectivity index (χ1n) is 3.85. The number of pyridine rings is 1. The first kappa shape index (κ1) is 8.18. The molecule has 0 radical (unpaired) electrons. The van der Waals surface area contributed by atoms with Gasteiger partial charge in [-0.05, 0) is 25.0 Å². The summed E-state index contributed by atoms with van der Waals surface area (Å²) in [6, 6.07) is 1.56. The second kappa shape index (κ2) is 3.46. The molecule has 1 heterocycles. The molecule has 0 aliphatic rings. The van der Waals surface area contributed by atoms with Crippen LogP contribution >= 0.6 is 0 Å². The smallest absolute Gasteiger partial charge is 0.144 e. The quantitative estimate of drug-likeness (QED) is 0.636. The molecule has 0 atom stereocenters. The molecule has 0 N–H and O–H groups in total. The Bertz CT molecular complexity index is 245. The van der Waals surface area contributed by atoms with Crippen LogP contribution in [0.2, 0.25) is 0 Å². The van der Waals surface area contributed by atoms with Crippen LogP contribution in [0.3, 0.4) is 0 Å². The van der Waals surface area contributed by atoms with Crippen molar-refractivity contribution in [1.29, 1.82) is 0 Å². The molecule has 0 saturated carbocycles. The van der Waals surface area contributed by atoms with Gasteiger partial charge in [-0.2, -0.15) is 0 Å². The molecule has 1 rings (SSSR count). The van der Waals surface area contributed by atoms with Crippen molar-refractivity contribution in [1.82, 2.24) is 4.98 Å². The van der Waals surface area contributed by atoms with Crippen LogP contribution in [-0.4, -0.2) is 4.98 Å². The third-order valence-corrected chi connectivity index (χ3v) is 1.62. The van der Waals surface area contributed by atoms with Gasteiger partial charge in [0.2, 0.25) is 0 Å². The number of hydrogen-bond acceptors (Lipinski definition) is 1. The van der Waals surface area contributed by atoms with Gasteiger partial charge in [0.05, 0.1) is 5.69 Å². The van der Waals surface area contributed by atoms with E-state index in [-0.39, 0.29) is 5.82 Å². The number of nitrogens with zero attached hydrogens (tertiary/aromatic N) is 1. The summed E-state index contributed by atoms with van der Waals surface area (Å²) in [5, 5.41) is 0. The SMILES string of the molecule is CCCc1cnc(C)c(F)c1. The summed E-state index contributed by atoms with van der Waals surface area (Å²) in [5.41, 5.74) is 1.46. The molecule has 0 aromatic carbocycles. The fourth-order valence-corrected chi connectivity index (χ4v) is 0.971. The second-order valence-electron chi connectivity index (χ2n) is 2.66. The van der Waals surface area contributed by atoms with Crippen molar-refractivity contribution in [2.45, 2.75) is 26.7 Å². The van der Waals surface area contributed by atoms with Crippen LogP contribution in [0.4, 0.5) is 4.39 Å². The normalized spacial score (nSPS) is 10.1. The molecular weight excluding hydrogens is 141 g/mol. The summed E-state index contributed by atoms with van der Waals surface area (Å²) in [6.45, 7) is 3.74. The van der Waals surface area contributed by atoms with Crippen LogP contribution in [0, 0.1) is 12.7 Å². The van der Waals surface area contributed by atoms with E-state index >= 15 is 0 Å². The molecular formula is C9H12FN. The summed E-state index contributed by atoms with van der Waals surface area (Å²) in [7, 11) is 0. The minimum Gasteiger partial charge on any atom is -0.258 e. The molecule has 1 aromatic rings. The van der Waals surface area contributed by atoms with Crippen LogP contribution in [0.1, 0.15) is 24.6 Å². The molecule has 0 aliphatic heterocycles. The van der Waals surface area contributed by atoms with Crippen molar-refractivity contribution in [2.75, 3.05) is 0 Å². The Morgan fingerprint density at radius 3 is 2.82 bits per heavy atom. The van der Waals surface area contributed by atoms with Gasteiger partial charge in [0.25, 0.3) is 0 Å². The van der Waals surface area contributed by atoms with Crippen molar-refractivity contribution in [2.24, 2.45) is 0 Å². The van der Waals surface area contributed by atoms with Crippen molar-refractivity contribution in [3.8, 4) is 0 Å². The Kier molecular flexibility index (Phi) is 2.58. The lowest BCUT2D eigenvalue weighted by atomic mass is 10.1. The molecule has 0 bridgehead atoms. The highest BCUT2D eigenvalue weighted by Gasteiger charge is 1.98. The van der Waals surface area contributed by atoms with E-state index in [0.29, 0.717) is 5.69 Å². The van der Waals surface area contributed by atoms with Crippen molar-refractivity contribution >= 4 is 0 Å². The van der Waals surface area contributed by atoms with Crippen LogP contribution in [-0.2, 0) is 6.42 Å². The van der Waals surface area contributed by atoms with E-state index in [1.165, 1.54) is 0 Å². The molecule has 60 valence electrons. The van der Waals surface area contributed by atoms with E-state index in [9.17, 15) is 4.39 Å². The fraction of sp³-hybridized carbons (Fsp3) is 0.444. The highest BCUT2D eigenvalue weighted by molar-refractivity contribution is 5.15. The number of hydrogen-bond donors (Lipinski definition) is 0. The Hall–Kier alpha value is -0.920. The molecule has 2 heteroatoms. The van der Waals surface area contributed by atoms with Gasteiger partial charge in [0, 0.05) is 6.20 Å². The summed E-state index contributed by atoms with van der Waals surface area (Å²) in [6.07, 6.45) is 3.68. The van der Waals surface area contributed by atoms with Crippen molar-refractivity contribution < 1.29 is 4.39 Å². The zero-order valence-electron chi connectivity index (χ0n) is 6.89. The van der Waals surface area contributed by atoms with Crippen LogP contribution < -0.4 is 0 Å². The Balaban J connectivity index is 2.86. The minimum atomic E-state index is -0.198. The predicted molar refractivity (Wildman–Crippen MR) is 42.9 cm³/mol. The van der Waals surface area contributed by atoms with Gasteiger partial charge in [-0.3, -0.25) is 4.98 Å². The van der Waals surface area contributed by atoms with Crippen molar-refractivity contribution in [3.63, 3.8) is 0 Å². The number of aromatic nitrogens is 1. The monoisotopic (exact) mass is 153 g/mol. The lowest BCUT2D eigenvalue weighted by molar-refractivity contribution is 0.606. The van der Waals surface area contributed by atoms with E-state index in [2.05, 4.69) is 11.9 Å². The molecule has 0 aliphatic carbocycles. The van der Waals surface area contributed by atoms with Crippen LogP contribution in [0.25, 0.3) is 0 Å². The van der Waals surface area contributed by atoms with E-state index in [0.717, 1.165) is 18.4 Å². The first-order valence-corrected chi connectivity index (χ1v) is 3.85. The Labute approximate surface area is 66.3 Å². The molecule has 0 spiro atoms. The third-order valence-electron chi connectivity index (χ3n) is 1.62. The Morgan fingerprint density at radius 2 is 2.27 bits per heavy atom. The van der Waals surface area contributed by atoms with Gasteiger partial charge in [-0.15, -0.1) is 0 Å². The average molecular weight is 153 g/mol. The van der Waals surface area contributed by atoms with Gasteiger partial charge in [-0.1, -0.05) is 13.3 Å². The fourth-order valence-electron chi connectivity index (χ4n) is 0.971. The highest BCUT2D eigenvalue weighted by Crippen LogP contribution is 2.07. The zero-order chi connectivity index (χ0) is 8.27. The third kappa shape index (κ3) is 2.00. The lowest BCUT2D eigenvalue weighted by Gasteiger charge is -1.99. The summed E-state index contributed by atoms with van der Waals surface area (Å²) < 4.78 is 12.8. The second-order valence-corrected chi connectivity index (χ2v) is 2.66. The summed E-state index contributed by atoms with van der Waals surface area (Å²) in [5.74, 6) is -0.198. The number of rotatable bonds is 2. The predicted octanol–water partition coefficient (Wildman–Crippen LogP) is 2.48. The summed E-state index contributed by atoms with van der Waals surface area (Å²) in [4.78, 5) is 3.92. The minimum absolute atomic E-state index is 0.198. The molecule has 0 saturated heterocycles. The Morgan fingerprint density at radius 1 is 1.55 bits per heavy atom. The van der Waals surface area contributed by atoms with Gasteiger partial charge in [-0.25, -0.2) is 4.39 Å². The molecule has 1 nitrogen and oxygen atoms in total. The first-order chi connectivity index (χ1) is 5.24. The van der Waals surface area contributed by atoms with Crippen molar-refractivity contribution in [3.05, 3.63) is 29.3 Å². The van der Waals surface area contributed by atoms with E-state index in [4.69, 9.17) is 0 Å². The molecule has 11 heavy (non-hydrogen) atoms. The largest absolute Gasteiger partial charge is 0.258 e. The van der Waals surface area contributed by atoms with Gasteiger partial charge in [0.1, 0.15) is 5.82 Å². The molecule has 0 unspecified atom stereocenters. The molecule has 1 aromatic heterocycles. The standard InChI is InChI=1S/C9H12FN/c1-3-4-8-5-9(10)7(2)11-6-8/h5-6H,3-4H2,1-2H3. The van der Waals surface area contributed by atoms with Gasteiger partial charge >= 0.3 is 0 Å². The van der Waals surface area contributed by atoms with Crippen LogP contribution in [0.5, 0.6) is 0 Å². The maximum atomic E-state index is 12.8. The average Bonchev–Trinajstić information content (AvgIpc) is 1.98. The maximum absolute atomic E-state index is 12.8. The molecule has 0 fully saturated rings. The maximum Gasteiger partial charge on any atom is 0.144 e. The van der Waals surface area contributed by atoms with Crippen LogP contribution in [0.15, 0.2) is 12.3 Å². The number of halogens is 1. The highest BCUT2D eigenvalue weighted by atomic mass is 19.1. The van der Waals surface area contributed by atoms with Gasteiger partial charge < -0.3 is 0 Å². The van der Waals surface area contributed by atoms with E-state index < -0.39 is 0 Å².